The van der Waals surface area contributed by atoms with E-state index in [1.807, 2.05) is 4.90 Å². The fourth-order valence-corrected chi connectivity index (χ4v) is 6.44. The number of carbonyl (C=O) groups excluding carboxylic acids is 2. The molecule has 1 heterocycles. The molecule has 1 saturated heterocycles. The Kier molecular flexibility index (Phi) is 6.95. The molecular weight excluding hydrogens is 395 g/mol. The molecule has 3 aliphatic carbocycles. The first-order valence-electron chi connectivity index (χ1n) is 12.7. The van der Waals surface area contributed by atoms with Crippen LogP contribution in [0, 0.1) is 29.6 Å². The molecule has 0 spiro atoms. The smallest absolute Gasteiger partial charge is 0.254 e. The summed E-state index contributed by atoms with van der Waals surface area (Å²) in [6.45, 7) is 6.54. The summed E-state index contributed by atoms with van der Waals surface area (Å²) in [4.78, 5) is 29.0. The van der Waals surface area contributed by atoms with Gasteiger partial charge in [-0.05, 0) is 81.5 Å². The van der Waals surface area contributed by atoms with Gasteiger partial charge in [0.15, 0.2) is 0 Å². The van der Waals surface area contributed by atoms with Crippen LogP contribution >= 0.6 is 0 Å². The highest BCUT2D eigenvalue weighted by Crippen LogP contribution is 2.45. The van der Waals surface area contributed by atoms with Gasteiger partial charge in [0.1, 0.15) is 11.8 Å². The SMILES string of the molecule is CC(C)CC1CCCC(C2CCC(C(=O)N3CCN(C(=O)C4(O)CC4)CC3)CC2)C1F. The van der Waals surface area contributed by atoms with Gasteiger partial charge in [-0.2, -0.15) is 0 Å². The maximum absolute atomic E-state index is 15.3. The van der Waals surface area contributed by atoms with Crippen LogP contribution in [-0.2, 0) is 9.59 Å². The Bertz CT molecular complexity index is 649. The zero-order valence-corrected chi connectivity index (χ0v) is 19.4. The van der Waals surface area contributed by atoms with Crippen molar-refractivity contribution < 1.29 is 19.1 Å². The maximum Gasteiger partial charge on any atom is 0.254 e. The number of amides is 2. The molecule has 0 radical (unpaired) electrons. The average Bonchev–Trinajstić information content (AvgIpc) is 3.53. The van der Waals surface area contributed by atoms with Gasteiger partial charge in [-0.25, -0.2) is 4.39 Å². The van der Waals surface area contributed by atoms with Gasteiger partial charge >= 0.3 is 0 Å². The Morgan fingerprint density at radius 1 is 0.968 bits per heavy atom. The summed E-state index contributed by atoms with van der Waals surface area (Å²) in [5.41, 5.74) is -1.12. The standard InChI is InChI=1S/C25H41FN2O3/c1-17(2)16-20-4-3-5-21(22(20)26)18-6-8-19(9-7-18)23(29)27-12-14-28(15-13-27)24(30)25(31)10-11-25/h17-22,31H,3-16H2,1-2H3. The highest BCUT2D eigenvalue weighted by Gasteiger charge is 2.50. The van der Waals surface area contributed by atoms with Crippen molar-refractivity contribution in [2.45, 2.75) is 89.8 Å². The van der Waals surface area contributed by atoms with Gasteiger partial charge in [-0.3, -0.25) is 9.59 Å². The van der Waals surface area contributed by atoms with Crippen molar-refractivity contribution in [3.8, 4) is 0 Å². The first kappa shape index (κ1) is 23.0. The fourth-order valence-electron chi connectivity index (χ4n) is 6.44. The van der Waals surface area contributed by atoms with E-state index in [4.69, 9.17) is 0 Å². The molecule has 3 unspecified atom stereocenters. The lowest BCUT2D eigenvalue weighted by Gasteiger charge is -2.42. The molecule has 6 heteroatoms. The van der Waals surface area contributed by atoms with Gasteiger partial charge in [0.05, 0.1) is 0 Å². The fraction of sp³-hybridized carbons (Fsp3) is 0.920. The summed E-state index contributed by atoms with van der Waals surface area (Å²) in [6.07, 6.45) is 8.36. The Hall–Kier alpha value is -1.17. The largest absolute Gasteiger partial charge is 0.380 e. The number of aliphatic hydroxyl groups is 1. The lowest BCUT2D eigenvalue weighted by atomic mass is 9.66. The molecule has 0 aromatic rings. The van der Waals surface area contributed by atoms with E-state index in [0.29, 0.717) is 50.9 Å². The van der Waals surface area contributed by atoms with E-state index in [2.05, 4.69) is 13.8 Å². The number of alkyl halides is 1. The summed E-state index contributed by atoms with van der Waals surface area (Å²) < 4.78 is 15.3. The number of halogens is 1. The Labute approximate surface area is 186 Å². The van der Waals surface area contributed by atoms with E-state index in [0.717, 1.165) is 51.4 Å². The second-order valence-electron chi connectivity index (χ2n) is 11.2. The van der Waals surface area contributed by atoms with Crippen molar-refractivity contribution >= 4 is 11.8 Å². The normalized spacial score (nSPS) is 35.8. The molecule has 4 rings (SSSR count). The molecule has 0 bridgehead atoms. The molecule has 31 heavy (non-hydrogen) atoms. The van der Waals surface area contributed by atoms with Crippen molar-refractivity contribution in [2.75, 3.05) is 26.2 Å². The summed E-state index contributed by atoms with van der Waals surface area (Å²) >= 11 is 0. The second-order valence-corrected chi connectivity index (χ2v) is 11.2. The minimum atomic E-state index is -1.12. The third-order valence-corrected chi connectivity index (χ3v) is 8.47. The lowest BCUT2D eigenvalue weighted by Crippen LogP contribution is -2.54. The van der Waals surface area contributed by atoms with Crippen LogP contribution in [0.1, 0.15) is 78.1 Å². The Morgan fingerprint density at radius 3 is 2.16 bits per heavy atom. The molecule has 5 nitrogen and oxygen atoms in total. The van der Waals surface area contributed by atoms with E-state index < -0.39 is 11.8 Å². The number of nitrogens with zero attached hydrogens (tertiary/aromatic N) is 2. The first-order valence-corrected chi connectivity index (χ1v) is 12.7. The van der Waals surface area contributed by atoms with Gasteiger partial charge in [0.25, 0.3) is 5.91 Å². The van der Waals surface area contributed by atoms with Crippen LogP contribution in [-0.4, -0.2) is 64.7 Å². The van der Waals surface area contributed by atoms with Crippen molar-refractivity contribution in [1.29, 1.82) is 0 Å². The van der Waals surface area contributed by atoms with Crippen molar-refractivity contribution in [1.82, 2.24) is 9.80 Å². The Balaban J connectivity index is 1.23. The van der Waals surface area contributed by atoms with Crippen molar-refractivity contribution in [3.05, 3.63) is 0 Å². The molecule has 1 aliphatic heterocycles. The van der Waals surface area contributed by atoms with Crippen LogP contribution in [0.5, 0.6) is 0 Å². The monoisotopic (exact) mass is 436 g/mol. The molecule has 176 valence electrons. The topological polar surface area (TPSA) is 60.9 Å². The molecule has 0 aromatic carbocycles. The van der Waals surface area contributed by atoms with Crippen LogP contribution < -0.4 is 0 Å². The van der Waals surface area contributed by atoms with E-state index in [9.17, 15) is 14.7 Å². The van der Waals surface area contributed by atoms with E-state index in [-0.39, 0.29) is 29.6 Å². The highest BCUT2D eigenvalue weighted by molar-refractivity contribution is 5.88. The third kappa shape index (κ3) is 5.09. The third-order valence-electron chi connectivity index (χ3n) is 8.47. The number of carbonyl (C=O) groups is 2. The lowest BCUT2D eigenvalue weighted by molar-refractivity contribution is -0.148. The maximum atomic E-state index is 15.3. The molecular formula is C25H41FN2O3. The van der Waals surface area contributed by atoms with Crippen LogP contribution in [0.25, 0.3) is 0 Å². The van der Waals surface area contributed by atoms with E-state index >= 15 is 4.39 Å². The first-order chi connectivity index (χ1) is 14.8. The minimum Gasteiger partial charge on any atom is -0.380 e. The van der Waals surface area contributed by atoms with Gasteiger partial charge < -0.3 is 14.9 Å². The summed E-state index contributed by atoms with van der Waals surface area (Å²) in [7, 11) is 0. The molecule has 1 N–H and O–H groups in total. The molecule has 3 saturated carbocycles. The molecule has 0 aromatic heterocycles. The average molecular weight is 437 g/mol. The zero-order valence-electron chi connectivity index (χ0n) is 19.4. The zero-order chi connectivity index (χ0) is 22.2. The van der Waals surface area contributed by atoms with Crippen LogP contribution in [0.2, 0.25) is 0 Å². The summed E-state index contributed by atoms with van der Waals surface area (Å²) in [6, 6.07) is 0. The quantitative estimate of drug-likeness (QED) is 0.713. The second kappa shape index (κ2) is 9.36. The summed E-state index contributed by atoms with van der Waals surface area (Å²) in [5, 5.41) is 10.0. The van der Waals surface area contributed by atoms with Crippen LogP contribution in [0.15, 0.2) is 0 Å². The number of hydrogen-bond donors (Lipinski definition) is 1. The Morgan fingerprint density at radius 2 is 1.58 bits per heavy atom. The molecule has 2 amide bonds. The van der Waals surface area contributed by atoms with Crippen molar-refractivity contribution in [3.63, 3.8) is 0 Å². The molecule has 3 atom stereocenters. The number of hydrogen-bond acceptors (Lipinski definition) is 3. The molecule has 4 aliphatic rings. The molecule has 4 fully saturated rings. The van der Waals surface area contributed by atoms with E-state index in [1.165, 1.54) is 0 Å². The number of piperazine rings is 1. The van der Waals surface area contributed by atoms with Crippen LogP contribution in [0.4, 0.5) is 4.39 Å². The highest BCUT2D eigenvalue weighted by atomic mass is 19.1. The van der Waals surface area contributed by atoms with Gasteiger partial charge in [-0.15, -0.1) is 0 Å². The van der Waals surface area contributed by atoms with Gasteiger partial charge in [0.2, 0.25) is 5.91 Å². The number of rotatable bonds is 5. The predicted octanol–water partition coefficient (Wildman–Crippen LogP) is 3.79. The van der Waals surface area contributed by atoms with Crippen molar-refractivity contribution in [2.24, 2.45) is 29.6 Å². The van der Waals surface area contributed by atoms with Gasteiger partial charge in [0, 0.05) is 32.1 Å². The summed E-state index contributed by atoms with van der Waals surface area (Å²) in [5.74, 6) is 1.51. The van der Waals surface area contributed by atoms with E-state index in [1.54, 1.807) is 4.90 Å². The minimum absolute atomic E-state index is 0.0548. The predicted molar refractivity (Wildman–Crippen MR) is 118 cm³/mol. The van der Waals surface area contributed by atoms with Crippen LogP contribution in [0.3, 0.4) is 0 Å². The van der Waals surface area contributed by atoms with Gasteiger partial charge in [-0.1, -0.05) is 20.3 Å².